The van der Waals surface area contributed by atoms with E-state index >= 15 is 0 Å². The molecule has 2 aromatic carbocycles. The third kappa shape index (κ3) is 2.39. The SMILES string of the molecule is Fc1ccc(-n2c(CCCl)nc3cc(Cl)ccc32)cc1. The fourth-order valence-electron chi connectivity index (χ4n) is 2.23. The Bertz CT molecular complexity index is 750. The Labute approximate surface area is 125 Å². The lowest BCUT2D eigenvalue weighted by atomic mass is 10.2. The molecule has 0 aliphatic rings. The average molecular weight is 309 g/mol. The third-order valence-corrected chi connectivity index (χ3v) is 3.51. The number of rotatable bonds is 3. The van der Waals surface area contributed by atoms with Crippen LogP contribution < -0.4 is 0 Å². The van der Waals surface area contributed by atoms with E-state index in [1.54, 1.807) is 12.1 Å². The van der Waals surface area contributed by atoms with Gasteiger partial charge in [0.1, 0.15) is 11.6 Å². The monoisotopic (exact) mass is 308 g/mol. The van der Waals surface area contributed by atoms with Crippen LogP contribution in [0.3, 0.4) is 0 Å². The second-order valence-electron chi connectivity index (χ2n) is 4.41. The second-order valence-corrected chi connectivity index (χ2v) is 5.23. The zero-order valence-corrected chi connectivity index (χ0v) is 12.0. The van der Waals surface area contributed by atoms with Crippen LogP contribution in [0.2, 0.25) is 5.02 Å². The van der Waals surface area contributed by atoms with Crippen LogP contribution in [0.15, 0.2) is 42.5 Å². The summed E-state index contributed by atoms with van der Waals surface area (Å²) in [5.41, 5.74) is 2.60. The molecule has 20 heavy (non-hydrogen) atoms. The first-order chi connectivity index (χ1) is 9.69. The van der Waals surface area contributed by atoms with Crippen molar-refractivity contribution in [3.05, 3.63) is 59.1 Å². The van der Waals surface area contributed by atoms with E-state index in [1.165, 1.54) is 12.1 Å². The molecule has 2 nitrogen and oxygen atoms in total. The molecule has 5 heteroatoms. The van der Waals surface area contributed by atoms with Crippen molar-refractivity contribution in [2.45, 2.75) is 6.42 Å². The van der Waals surface area contributed by atoms with Crippen molar-refractivity contribution >= 4 is 34.2 Å². The number of halogens is 3. The molecular formula is C15H11Cl2FN2. The molecular weight excluding hydrogens is 298 g/mol. The predicted octanol–water partition coefficient (Wildman–Crippen LogP) is 4.60. The molecule has 1 aromatic heterocycles. The number of hydrogen-bond acceptors (Lipinski definition) is 1. The summed E-state index contributed by atoms with van der Waals surface area (Å²) < 4.78 is 15.1. The summed E-state index contributed by atoms with van der Waals surface area (Å²) in [5, 5.41) is 0.638. The Kier molecular flexibility index (Phi) is 3.64. The number of hydrogen-bond donors (Lipinski definition) is 0. The molecule has 0 spiro atoms. The topological polar surface area (TPSA) is 17.8 Å². The average Bonchev–Trinajstić information content (AvgIpc) is 2.77. The highest BCUT2D eigenvalue weighted by molar-refractivity contribution is 6.31. The van der Waals surface area contributed by atoms with Gasteiger partial charge < -0.3 is 0 Å². The summed E-state index contributed by atoms with van der Waals surface area (Å²) in [6.45, 7) is 0. The Morgan fingerprint density at radius 2 is 1.85 bits per heavy atom. The Morgan fingerprint density at radius 1 is 1.10 bits per heavy atom. The van der Waals surface area contributed by atoms with Crippen LogP contribution in [0.4, 0.5) is 4.39 Å². The van der Waals surface area contributed by atoms with Gasteiger partial charge >= 0.3 is 0 Å². The molecule has 0 amide bonds. The maximum atomic E-state index is 13.1. The van der Waals surface area contributed by atoms with Crippen molar-refractivity contribution in [2.24, 2.45) is 0 Å². The highest BCUT2D eigenvalue weighted by Crippen LogP contribution is 2.25. The Balaban J connectivity index is 2.25. The molecule has 3 aromatic rings. The fraction of sp³-hybridized carbons (Fsp3) is 0.133. The van der Waals surface area contributed by atoms with E-state index < -0.39 is 0 Å². The van der Waals surface area contributed by atoms with Gasteiger partial charge in [-0.2, -0.15) is 0 Å². The van der Waals surface area contributed by atoms with Crippen molar-refractivity contribution < 1.29 is 4.39 Å². The first-order valence-electron chi connectivity index (χ1n) is 6.18. The summed E-state index contributed by atoms with van der Waals surface area (Å²) in [6.07, 6.45) is 0.630. The number of aryl methyl sites for hydroxylation is 1. The minimum Gasteiger partial charge on any atom is -0.296 e. The Morgan fingerprint density at radius 3 is 2.55 bits per heavy atom. The van der Waals surface area contributed by atoms with Gasteiger partial charge in [-0.3, -0.25) is 4.57 Å². The second kappa shape index (κ2) is 5.43. The van der Waals surface area contributed by atoms with Gasteiger partial charge in [0.25, 0.3) is 0 Å². The molecule has 0 unspecified atom stereocenters. The highest BCUT2D eigenvalue weighted by atomic mass is 35.5. The van der Waals surface area contributed by atoms with E-state index in [4.69, 9.17) is 23.2 Å². The normalized spacial score (nSPS) is 11.2. The Hall–Kier alpha value is -1.58. The number of benzene rings is 2. The lowest BCUT2D eigenvalue weighted by Crippen LogP contribution is -2.02. The molecule has 0 saturated carbocycles. The van der Waals surface area contributed by atoms with Gasteiger partial charge in [-0.15, -0.1) is 11.6 Å². The molecule has 0 radical (unpaired) electrons. The zero-order valence-electron chi connectivity index (χ0n) is 10.5. The summed E-state index contributed by atoms with van der Waals surface area (Å²) in [6, 6.07) is 11.9. The minimum atomic E-state index is -0.264. The number of aromatic nitrogens is 2. The molecule has 0 aliphatic heterocycles. The molecule has 3 rings (SSSR count). The largest absolute Gasteiger partial charge is 0.296 e. The van der Waals surface area contributed by atoms with Gasteiger partial charge in [0.15, 0.2) is 0 Å². The lowest BCUT2D eigenvalue weighted by molar-refractivity contribution is 0.627. The molecule has 0 atom stereocenters. The van der Waals surface area contributed by atoms with E-state index in [0.29, 0.717) is 17.3 Å². The first-order valence-corrected chi connectivity index (χ1v) is 7.09. The molecule has 1 heterocycles. The van der Waals surface area contributed by atoms with Crippen molar-refractivity contribution in [1.29, 1.82) is 0 Å². The van der Waals surface area contributed by atoms with Crippen LogP contribution in [-0.4, -0.2) is 15.4 Å². The third-order valence-electron chi connectivity index (χ3n) is 3.09. The van der Waals surface area contributed by atoms with Crippen LogP contribution in [-0.2, 0) is 6.42 Å². The van der Waals surface area contributed by atoms with Gasteiger partial charge in [0.05, 0.1) is 11.0 Å². The molecule has 102 valence electrons. The quantitative estimate of drug-likeness (QED) is 0.647. The van der Waals surface area contributed by atoms with E-state index in [0.717, 1.165) is 22.5 Å². The number of imidazole rings is 1. The van der Waals surface area contributed by atoms with Crippen LogP contribution in [0.1, 0.15) is 5.82 Å². The standard InChI is InChI=1S/C15H11Cl2FN2/c16-8-7-15-19-13-9-10(17)1-6-14(13)20(15)12-4-2-11(18)3-5-12/h1-6,9H,7-8H2. The molecule has 0 aliphatic carbocycles. The van der Waals surface area contributed by atoms with Gasteiger partial charge in [-0.05, 0) is 42.5 Å². The fourth-order valence-corrected chi connectivity index (χ4v) is 2.57. The zero-order chi connectivity index (χ0) is 14.1. The maximum absolute atomic E-state index is 13.1. The van der Waals surface area contributed by atoms with E-state index in [9.17, 15) is 4.39 Å². The van der Waals surface area contributed by atoms with E-state index in [1.807, 2.05) is 22.8 Å². The molecule has 0 fully saturated rings. The van der Waals surface area contributed by atoms with Crippen LogP contribution in [0.5, 0.6) is 0 Å². The summed E-state index contributed by atoms with van der Waals surface area (Å²) >= 11 is 11.8. The molecule has 0 saturated heterocycles. The van der Waals surface area contributed by atoms with Crippen molar-refractivity contribution in [3.63, 3.8) is 0 Å². The first kappa shape index (κ1) is 13.4. The molecule has 0 bridgehead atoms. The predicted molar refractivity (Wildman–Crippen MR) is 80.5 cm³/mol. The van der Waals surface area contributed by atoms with Crippen molar-refractivity contribution in [1.82, 2.24) is 9.55 Å². The highest BCUT2D eigenvalue weighted by Gasteiger charge is 2.12. The smallest absolute Gasteiger partial charge is 0.123 e. The summed E-state index contributed by atoms with van der Waals surface area (Å²) in [7, 11) is 0. The van der Waals surface area contributed by atoms with Crippen LogP contribution in [0, 0.1) is 5.82 Å². The van der Waals surface area contributed by atoms with Crippen molar-refractivity contribution in [3.8, 4) is 5.69 Å². The molecule has 0 N–H and O–H groups in total. The number of nitrogens with zero attached hydrogens (tertiary/aromatic N) is 2. The van der Waals surface area contributed by atoms with Gasteiger partial charge in [0.2, 0.25) is 0 Å². The van der Waals surface area contributed by atoms with Crippen LogP contribution >= 0.6 is 23.2 Å². The summed E-state index contributed by atoms with van der Waals surface area (Å²) in [4.78, 5) is 4.56. The van der Waals surface area contributed by atoms with Gasteiger partial charge in [-0.25, -0.2) is 9.37 Å². The maximum Gasteiger partial charge on any atom is 0.123 e. The van der Waals surface area contributed by atoms with Gasteiger partial charge in [-0.1, -0.05) is 11.6 Å². The van der Waals surface area contributed by atoms with Crippen LogP contribution in [0.25, 0.3) is 16.7 Å². The number of alkyl halides is 1. The van der Waals surface area contributed by atoms with Crippen molar-refractivity contribution in [2.75, 3.05) is 5.88 Å². The number of fused-ring (bicyclic) bond motifs is 1. The minimum absolute atomic E-state index is 0.264. The van der Waals surface area contributed by atoms with E-state index in [-0.39, 0.29) is 5.82 Å². The van der Waals surface area contributed by atoms with E-state index in [2.05, 4.69) is 4.98 Å². The lowest BCUT2D eigenvalue weighted by Gasteiger charge is -2.08. The van der Waals surface area contributed by atoms with Gasteiger partial charge in [0, 0.05) is 23.0 Å². The summed E-state index contributed by atoms with van der Waals surface area (Å²) in [5.74, 6) is 1.04.